The molecule has 0 amide bonds. The van der Waals surface area contributed by atoms with Gasteiger partial charge in [-0.15, -0.1) is 0 Å². The first kappa shape index (κ1) is 24.0. The smallest absolute Gasteiger partial charge is 0.355 e. The van der Waals surface area contributed by atoms with Crippen LogP contribution in [0, 0.1) is 0 Å². The van der Waals surface area contributed by atoms with Gasteiger partial charge in [0.25, 0.3) is 4.74 Å². The molecule has 0 radical (unpaired) electrons. The molecule has 2 aromatic carbocycles. The van der Waals surface area contributed by atoms with Crippen molar-refractivity contribution in [3.8, 4) is 0 Å². The average molecular weight is 750 g/mol. The minimum Gasteiger partial charge on any atom is -0.422 e. The molecule has 0 bridgehead atoms. The molecule has 0 spiro atoms. The summed E-state index contributed by atoms with van der Waals surface area (Å²) in [4.78, 5) is 25.7. The van der Waals surface area contributed by atoms with Gasteiger partial charge in [0, 0.05) is 34.2 Å². The summed E-state index contributed by atoms with van der Waals surface area (Å²) in [5, 5.41) is 0.986. The normalized spacial score (nSPS) is 12.0. The van der Waals surface area contributed by atoms with Gasteiger partial charge in [-0.25, -0.2) is 13.2 Å². The van der Waals surface area contributed by atoms with Crippen LogP contribution in [-0.2, 0) is 9.84 Å². The predicted molar refractivity (Wildman–Crippen MR) is 141 cm³/mol. The molecule has 0 fully saturated rings. The molecule has 13 heteroatoms. The molecule has 0 N–H and O–H groups in total. The second-order valence-electron chi connectivity index (χ2n) is 6.09. The topological polar surface area (TPSA) is 81.4 Å². The molecule has 0 atom stereocenters. The number of hydrogen-bond acceptors (Lipinski definition) is 8. The highest BCUT2D eigenvalue weighted by atomic mass is 79.9. The van der Waals surface area contributed by atoms with E-state index in [-0.39, 0.29) is 5.58 Å². The molecule has 0 saturated carbocycles. The Morgan fingerprint density at radius 1 is 0.871 bits per heavy atom. The molecular weight excluding hydrogens is 744 g/mol. The van der Waals surface area contributed by atoms with Crippen molar-refractivity contribution in [3.05, 3.63) is 65.3 Å². The van der Waals surface area contributed by atoms with E-state index in [0.29, 0.717) is 24.8 Å². The van der Waals surface area contributed by atoms with Gasteiger partial charge in [0.1, 0.15) is 10.5 Å². The van der Waals surface area contributed by atoms with Crippen molar-refractivity contribution in [1.29, 1.82) is 0 Å². The fourth-order valence-corrected chi connectivity index (χ4v) is 9.20. The van der Waals surface area contributed by atoms with Gasteiger partial charge < -0.3 is 4.42 Å². The zero-order valence-electron chi connectivity index (χ0n) is 14.7. The maximum Gasteiger partial charge on any atom is 0.355 e. The van der Waals surface area contributed by atoms with Crippen molar-refractivity contribution in [2.24, 2.45) is 0 Å². The van der Waals surface area contributed by atoms with Crippen LogP contribution in [0.4, 0.5) is 0 Å². The molecule has 2 aromatic heterocycles. The highest BCUT2D eigenvalue weighted by molar-refractivity contribution is 9.50. The van der Waals surface area contributed by atoms with Crippen molar-refractivity contribution < 1.29 is 12.8 Å². The summed E-state index contributed by atoms with van der Waals surface area (Å²) >= 11 is 14.1. The van der Waals surface area contributed by atoms with Gasteiger partial charge in [-0.2, -0.15) is 0 Å². The molecule has 31 heavy (non-hydrogen) atoms. The largest absolute Gasteiger partial charge is 0.422 e. The molecule has 0 saturated heterocycles. The number of fused-ring (bicyclic) bond motifs is 2. The third kappa shape index (κ3) is 4.48. The molecule has 4 aromatic rings. The van der Waals surface area contributed by atoms with Gasteiger partial charge >= 0.3 is 5.63 Å². The first-order valence-electron chi connectivity index (χ1n) is 8.03. The molecular formula is C18H6Br4O5S4. The van der Waals surface area contributed by atoms with Gasteiger partial charge in [-0.05, 0) is 86.4 Å². The lowest BCUT2D eigenvalue weighted by Gasteiger charge is -2.09. The van der Waals surface area contributed by atoms with E-state index in [0.717, 1.165) is 20.7 Å². The summed E-state index contributed by atoms with van der Waals surface area (Å²) in [6.07, 6.45) is 0. The Hall–Kier alpha value is -0.150. The van der Waals surface area contributed by atoms with Crippen LogP contribution >= 0.6 is 93.2 Å². The standard InChI is InChI=1S/C18H6Br4O5S4/c19-7-1-11(20)9-5-16(18(24)28-13(9)2-7)31(25,26)15-6-10-12(27-17(15)23)3-8(29-21)4-14(10)30-22/h1-6H. The number of benzene rings is 2. The van der Waals surface area contributed by atoms with Crippen LogP contribution in [0.25, 0.3) is 21.1 Å². The first-order valence-corrected chi connectivity index (χ1v) is 17.2. The van der Waals surface area contributed by atoms with E-state index in [1.54, 1.807) is 18.2 Å². The first-order chi connectivity index (χ1) is 14.6. The predicted octanol–water partition coefficient (Wildman–Crippen LogP) is 7.53. The van der Waals surface area contributed by atoms with Gasteiger partial charge in [-0.1, -0.05) is 43.2 Å². The minimum atomic E-state index is -4.43. The lowest BCUT2D eigenvalue weighted by Crippen LogP contribution is -2.19. The van der Waals surface area contributed by atoms with Crippen molar-refractivity contribution in [3.63, 3.8) is 0 Å². The summed E-state index contributed by atoms with van der Waals surface area (Å²) in [6.45, 7) is 0. The van der Waals surface area contributed by atoms with E-state index >= 15 is 0 Å². The summed E-state index contributed by atoms with van der Waals surface area (Å²) in [5.41, 5.74) is -0.791. The molecule has 0 aliphatic heterocycles. The average Bonchev–Trinajstić information content (AvgIpc) is 2.71. The second kappa shape index (κ2) is 9.24. The zero-order valence-corrected chi connectivity index (χ0v) is 24.3. The summed E-state index contributed by atoms with van der Waals surface area (Å²) in [7, 11) is -1.94. The Morgan fingerprint density at radius 3 is 2.26 bits per heavy atom. The van der Waals surface area contributed by atoms with E-state index in [2.05, 4.69) is 61.5 Å². The Kier molecular flexibility index (Phi) is 7.15. The maximum atomic E-state index is 13.4. The Bertz CT molecular complexity index is 1600. The maximum absolute atomic E-state index is 13.4. The Labute approximate surface area is 219 Å². The highest BCUT2D eigenvalue weighted by Crippen LogP contribution is 2.38. The quantitative estimate of drug-likeness (QED) is 0.200. The number of hydrogen-bond donors (Lipinski definition) is 0. The number of halogens is 4. The van der Waals surface area contributed by atoms with E-state index < -0.39 is 30.0 Å². The SMILES string of the molecule is O=c1oc2cc(SBr)cc(SBr)c2cc1S(=O)(=O)c1cc2c(Br)cc(Br)cc2sc1=O. The van der Waals surface area contributed by atoms with Crippen LogP contribution in [0.15, 0.2) is 78.9 Å². The van der Waals surface area contributed by atoms with Crippen LogP contribution < -0.4 is 10.4 Å². The molecule has 5 nitrogen and oxygen atoms in total. The lowest BCUT2D eigenvalue weighted by molar-refractivity contribution is 0.531. The fourth-order valence-electron chi connectivity index (χ4n) is 2.87. The molecule has 0 aliphatic rings. The Balaban J connectivity index is 2.01. The van der Waals surface area contributed by atoms with E-state index in [1.807, 2.05) is 6.07 Å². The van der Waals surface area contributed by atoms with Gasteiger partial charge in [0.2, 0.25) is 9.84 Å². The van der Waals surface area contributed by atoms with Gasteiger partial charge in [0.15, 0.2) is 4.90 Å². The minimum absolute atomic E-state index is 0.242. The third-order valence-electron chi connectivity index (χ3n) is 4.24. The molecule has 2 heterocycles. The monoisotopic (exact) mass is 746 g/mol. The number of rotatable bonds is 4. The van der Waals surface area contributed by atoms with Crippen LogP contribution in [0.1, 0.15) is 0 Å². The zero-order chi connectivity index (χ0) is 22.5. The van der Waals surface area contributed by atoms with E-state index in [1.165, 1.54) is 32.5 Å². The van der Waals surface area contributed by atoms with Crippen molar-refractivity contribution in [2.75, 3.05) is 0 Å². The van der Waals surface area contributed by atoms with Crippen LogP contribution in [-0.4, -0.2) is 8.42 Å². The van der Waals surface area contributed by atoms with Crippen LogP contribution in [0.2, 0.25) is 0 Å². The molecule has 0 unspecified atom stereocenters. The van der Waals surface area contributed by atoms with Crippen LogP contribution in [0.3, 0.4) is 0 Å². The number of sulfone groups is 1. The van der Waals surface area contributed by atoms with E-state index in [9.17, 15) is 18.0 Å². The van der Waals surface area contributed by atoms with Crippen molar-refractivity contribution >= 4 is 124 Å². The summed E-state index contributed by atoms with van der Waals surface area (Å²) in [5.74, 6) is 0. The third-order valence-corrected chi connectivity index (χ3v) is 11.3. The van der Waals surface area contributed by atoms with E-state index in [4.69, 9.17) is 4.42 Å². The molecule has 0 aliphatic carbocycles. The van der Waals surface area contributed by atoms with Crippen molar-refractivity contribution in [1.82, 2.24) is 0 Å². The van der Waals surface area contributed by atoms with Gasteiger partial charge in [0.05, 0.1) is 0 Å². The fraction of sp³-hybridized carbons (Fsp3) is 0. The Morgan fingerprint density at radius 2 is 1.58 bits per heavy atom. The van der Waals surface area contributed by atoms with Gasteiger partial charge in [-0.3, -0.25) is 4.79 Å². The lowest BCUT2D eigenvalue weighted by atomic mass is 10.2. The highest BCUT2D eigenvalue weighted by Gasteiger charge is 2.28. The molecule has 160 valence electrons. The van der Waals surface area contributed by atoms with Crippen molar-refractivity contribution in [2.45, 2.75) is 19.6 Å². The molecule has 4 rings (SSSR count). The second-order valence-corrected chi connectivity index (χ2v) is 13.9. The van der Waals surface area contributed by atoms with Crippen LogP contribution in [0.5, 0.6) is 0 Å². The summed E-state index contributed by atoms with van der Waals surface area (Å²) < 4.78 is 33.3. The summed E-state index contributed by atoms with van der Waals surface area (Å²) in [6, 6.07) is 9.46.